The Morgan fingerprint density at radius 1 is 1.00 bits per heavy atom. The number of esters is 2. The van der Waals surface area contributed by atoms with Crippen molar-refractivity contribution in [3.63, 3.8) is 0 Å². The zero-order valence-electron chi connectivity index (χ0n) is 14.1. The van der Waals surface area contributed by atoms with Crippen LogP contribution in [0.2, 0.25) is 0 Å². The molecule has 0 fully saturated rings. The molecule has 10 nitrogen and oxygen atoms in total. The van der Waals surface area contributed by atoms with Gasteiger partial charge in [0.15, 0.2) is 5.92 Å². The molecule has 0 bridgehead atoms. The number of carboxylic acid groups (broad SMARTS) is 1. The highest BCUT2D eigenvalue weighted by Gasteiger charge is 2.41. The lowest BCUT2D eigenvalue weighted by Crippen LogP contribution is -2.51. The number of carbonyl (C=O) groups excluding carboxylic acids is 3. The number of rotatable bonds is 11. The molecule has 0 aliphatic heterocycles. The molecule has 0 unspecified atom stereocenters. The third-order valence-electron chi connectivity index (χ3n) is 3.21. The van der Waals surface area contributed by atoms with E-state index < -0.39 is 41.7 Å². The first-order chi connectivity index (χ1) is 11.3. The molecule has 2 atom stereocenters. The van der Waals surface area contributed by atoms with Crippen molar-refractivity contribution in [3.05, 3.63) is 0 Å². The molecule has 0 radical (unpaired) electrons. The fourth-order valence-corrected chi connectivity index (χ4v) is 1.91. The molecule has 2 N–H and O–H groups in total. The van der Waals surface area contributed by atoms with E-state index in [0.29, 0.717) is 0 Å². The second-order valence-corrected chi connectivity index (χ2v) is 4.81. The first-order valence-electron chi connectivity index (χ1n) is 7.04. The predicted octanol–water partition coefficient (Wildman–Crippen LogP) is -1.18. The minimum atomic E-state index is -1.51. The molecule has 24 heavy (non-hydrogen) atoms. The van der Waals surface area contributed by atoms with Gasteiger partial charge in [0, 0.05) is 13.0 Å². The van der Waals surface area contributed by atoms with Gasteiger partial charge in [0.2, 0.25) is 5.91 Å². The lowest BCUT2D eigenvalue weighted by atomic mass is 9.87. The average molecular weight is 349 g/mol. The Labute approximate surface area is 139 Å². The number of amides is 1. The van der Waals surface area contributed by atoms with Gasteiger partial charge in [-0.25, -0.2) is 4.79 Å². The van der Waals surface area contributed by atoms with Crippen LogP contribution in [0, 0.1) is 11.8 Å². The van der Waals surface area contributed by atoms with Crippen molar-refractivity contribution in [1.29, 1.82) is 0 Å². The van der Waals surface area contributed by atoms with Gasteiger partial charge in [-0.15, -0.1) is 0 Å². The monoisotopic (exact) mass is 349 g/mol. The van der Waals surface area contributed by atoms with E-state index in [0.717, 1.165) is 14.2 Å². The van der Waals surface area contributed by atoms with Crippen LogP contribution in [0.5, 0.6) is 0 Å². The van der Waals surface area contributed by atoms with E-state index in [-0.39, 0.29) is 19.8 Å². The van der Waals surface area contributed by atoms with Gasteiger partial charge < -0.3 is 29.4 Å². The van der Waals surface area contributed by atoms with Crippen molar-refractivity contribution < 1.29 is 43.2 Å². The zero-order valence-corrected chi connectivity index (χ0v) is 14.1. The number of nitrogens with one attached hydrogen (secondary N) is 1. The highest BCUT2D eigenvalue weighted by atomic mass is 16.5. The van der Waals surface area contributed by atoms with Crippen molar-refractivity contribution in [1.82, 2.24) is 5.32 Å². The summed E-state index contributed by atoms with van der Waals surface area (Å²) < 4.78 is 18.7. The molecule has 0 aromatic heterocycles. The summed E-state index contributed by atoms with van der Waals surface area (Å²) in [6.45, 7) is 1.37. The van der Waals surface area contributed by atoms with Gasteiger partial charge in [0.25, 0.3) is 0 Å². The Morgan fingerprint density at radius 2 is 1.54 bits per heavy atom. The molecule has 0 aromatic carbocycles. The minimum absolute atomic E-state index is 0.157. The Hall–Kier alpha value is -2.20. The third kappa shape index (κ3) is 6.92. The zero-order chi connectivity index (χ0) is 18.7. The molecular weight excluding hydrogens is 326 g/mol. The van der Waals surface area contributed by atoms with Gasteiger partial charge in [0.05, 0.1) is 27.4 Å². The smallest absolute Gasteiger partial charge is 0.326 e. The van der Waals surface area contributed by atoms with Gasteiger partial charge in [-0.3, -0.25) is 14.4 Å². The van der Waals surface area contributed by atoms with Crippen molar-refractivity contribution in [3.8, 4) is 0 Å². The van der Waals surface area contributed by atoms with Gasteiger partial charge in [-0.2, -0.15) is 0 Å². The number of carbonyl (C=O) groups is 4. The topological polar surface area (TPSA) is 137 Å². The van der Waals surface area contributed by atoms with E-state index in [2.05, 4.69) is 14.8 Å². The van der Waals surface area contributed by atoms with Crippen molar-refractivity contribution in [2.75, 3.05) is 41.2 Å². The summed E-state index contributed by atoms with van der Waals surface area (Å²) in [5, 5.41) is 11.5. The predicted molar refractivity (Wildman–Crippen MR) is 78.9 cm³/mol. The Morgan fingerprint density at radius 3 is 1.96 bits per heavy atom. The minimum Gasteiger partial charge on any atom is -0.480 e. The second kappa shape index (κ2) is 11.4. The summed E-state index contributed by atoms with van der Waals surface area (Å²) in [5.74, 6) is -6.62. The fourth-order valence-electron chi connectivity index (χ4n) is 1.91. The first-order valence-corrected chi connectivity index (χ1v) is 7.04. The summed E-state index contributed by atoms with van der Waals surface area (Å²) in [5.41, 5.74) is 0. The maximum atomic E-state index is 11.8. The fraction of sp³-hybridized carbons (Fsp3) is 0.714. The van der Waals surface area contributed by atoms with Crippen LogP contribution in [0.25, 0.3) is 0 Å². The molecule has 138 valence electrons. The van der Waals surface area contributed by atoms with Crippen LogP contribution in [0.4, 0.5) is 0 Å². The molecule has 0 saturated carbocycles. The first kappa shape index (κ1) is 21.8. The van der Waals surface area contributed by atoms with Crippen LogP contribution in [0.15, 0.2) is 0 Å². The van der Waals surface area contributed by atoms with Gasteiger partial charge >= 0.3 is 17.9 Å². The number of aliphatic carboxylic acids is 1. The van der Waals surface area contributed by atoms with E-state index >= 15 is 0 Å². The summed E-state index contributed by atoms with van der Waals surface area (Å²) >= 11 is 0. The highest BCUT2D eigenvalue weighted by molar-refractivity contribution is 5.96. The number of hydrogen-bond acceptors (Lipinski definition) is 8. The summed E-state index contributed by atoms with van der Waals surface area (Å²) in [6, 6.07) is -1.51. The Kier molecular flexibility index (Phi) is 10.3. The van der Waals surface area contributed by atoms with Crippen molar-refractivity contribution >= 4 is 23.8 Å². The van der Waals surface area contributed by atoms with Gasteiger partial charge in [-0.05, 0) is 0 Å². The molecule has 1 amide bonds. The quantitative estimate of drug-likeness (QED) is 0.268. The van der Waals surface area contributed by atoms with E-state index in [1.54, 1.807) is 0 Å². The van der Waals surface area contributed by atoms with Gasteiger partial charge in [-0.1, -0.05) is 6.92 Å². The van der Waals surface area contributed by atoms with Crippen LogP contribution < -0.4 is 5.32 Å². The van der Waals surface area contributed by atoms with Crippen LogP contribution in [0.1, 0.15) is 6.92 Å². The van der Waals surface area contributed by atoms with E-state index in [9.17, 15) is 24.3 Å². The maximum Gasteiger partial charge on any atom is 0.326 e. The van der Waals surface area contributed by atoms with E-state index in [1.807, 2.05) is 0 Å². The van der Waals surface area contributed by atoms with Crippen molar-refractivity contribution in [2.24, 2.45) is 11.8 Å². The third-order valence-corrected chi connectivity index (χ3v) is 3.21. The molecule has 10 heteroatoms. The van der Waals surface area contributed by atoms with Crippen LogP contribution in [-0.2, 0) is 38.1 Å². The van der Waals surface area contributed by atoms with Crippen LogP contribution >= 0.6 is 0 Å². The number of methoxy groups -OCH3 is 3. The lowest BCUT2D eigenvalue weighted by Gasteiger charge is -2.25. The number of hydrogen-bond donors (Lipinski definition) is 2. The largest absolute Gasteiger partial charge is 0.480 e. The molecule has 0 saturated heterocycles. The molecule has 0 rings (SSSR count). The van der Waals surface area contributed by atoms with Crippen LogP contribution in [-0.4, -0.2) is 76.1 Å². The summed E-state index contributed by atoms with van der Waals surface area (Å²) in [7, 11) is 3.58. The average Bonchev–Trinajstić information content (AvgIpc) is 2.55. The molecule has 0 heterocycles. The lowest BCUT2D eigenvalue weighted by molar-refractivity contribution is -0.163. The van der Waals surface area contributed by atoms with Crippen LogP contribution in [0.3, 0.4) is 0 Å². The molecule has 0 spiro atoms. The molecule has 0 aromatic rings. The van der Waals surface area contributed by atoms with Crippen molar-refractivity contribution in [2.45, 2.75) is 13.0 Å². The SMILES string of the molecule is COCCOCC(=O)N[C@@H](C(=O)O)[C@H](C)C(C(=O)OC)C(=O)OC. The van der Waals surface area contributed by atoms with E-state index in [4.69, 9.17) is 9.47 Å². The number of ether oxygens (including phenoxy) is 4. The molecule has 0 aliphatic carbocycles. The Bertz CT molecular complexity index is 436. The highest BCUT2D eigenvalue weighted by Crippen LogP contribution is 2.19. The maximum absolute atomic E-state index is 11.8. The summed E-state index contributed by atoms with van der Waals surface area (Å²) in [4.78, 5) is 46.6. The molecule has 0 aliphatic rings. The van der Waals surface area contributed by atoms with E-state index in [1.165, 1.54) is 14.0 Å². The second-order valence-electron chi connectivity index (χ2n) is 4.81. The number of carboxylic acids is 1. The molecular formula is C14H23NO9. The van der Waals surface area contributed by atoms with Gasteiger partial charge in [0.1, 0.15) is 12.6 Å². The standard InChI is InChI=1S/C14H23NO9/c1-8(10(13(19)22-3)14(20)23-4)11(12(17)18)15-9(16)7-24-6-5-21-2/h8,10-11H,5-7H2,1-4H3,(H,15,16)(H,17,18)/t8-,11-/m1/s1. The summed E-state index contributed by atoms with van der Waals surface area (Å²) in [6.07, 6.45) is 0. The normalized spacial score (nSPS) is 13.0. The Balaban J connectivity index is 5.00.